The zero-order valence-electron chi connectivity index (χ0n) is 11.8. The van der Waals surface area contributed by atoms with Crippen molar-refractivity contribution >= 4 is 12.0 Å². The van der Waals surface area contributed by atoms with Crippen LogP contribution in [0.2, 0.25) is 0 Å². The van der Waals surface area contributed by atoms with E-state index in [2.05, 4.69) is 15.5 Å². The minimum atomic E-state index is -0.998. The topological polar surface area (TPSA) is 81.7 Å². The van der Waals surface area contributed by atoms with Gasteiger partial charge in [-0.05, 0) is 44.8 Å². The van der Waals surface area contributed by atoms with Gasteiger partial charge in [-0.15, -0.1) is 0 Å². The highest BCUT2D eigenvalue weighted by Gasteiger charge is 2.23. The van der Waals surface area contributed by atoms with Gasteiger partial charge in [0.2, 0.25) is 0 Å². The summed E-state index contributed by atoms with van der Waals surface area (Å²) < 4.78 is 0. The standard InChI is InChI=1S/C13H25N3O3/c1-10(2)11(12(17)18)15-13(19)14-6-5-9-16-7-3-4-8-16/h10-11H,3-9H2,1-2H3,(H,17,18)(H2,14,15,19)/t11-/m1/s1. The highest BCUT2D eigenvalue weighted by atomic mass is 16.4. The molecule has 1 fully saturated rings. The van der Waals surface area contributed by atoms with Gasteiger partial charge < -0.3 is 20.6 Å². The van der Waals surface area contributed by atoms with Gasteiger partial charge in [0.25, 0.3) is 0 Å². The molecule has 0 aromatic heterocycles. The van der Waals surface area contributed by atoms with Crippen LogP contribution in [0.15, 0.2) is 0 Å². The predicted molar refractivity (Wildman–Crippen MR) is 73.1 cm³/mol. The maximum absolute atomic E-state index is 11.6. The molecule has 0 unspecified atom stereocenters. The second-order valence-electron chi connectivity index (χ2n) is 5.36. The first-order valence-electron chi connectivity index (χ1n) is 7.00. The second kappa shape index (κ2) is 7.99. The normalized spacial score (nSPS) is 17.4. The van der Waals surface area contributed by atoms with E-state index in [4.69, 9.17) is 5.11 Å². The molecule has 1 heterocycles. The molecule has 1 rings (SSSR count). The van der Waals surface area contributed by atoms with E-state index in [0.29, 0.717) is 6.54 Å². The van der Waals surface area contributed by atoms with Gasteiger partial charge in [0.1, 0.15) is 6.04 Å². The van der Waals surface area contributed by atoms with E-state index < -0.39 is 18.0 Å². The zero-order valence-corrected chi connectivity index (χ0v) is 11.8. The van der Waals surface area contributed by atoms with Crippen LogP contribution in [-0.2, 0) is 4.79 Å². The van der Waals surface area contributed by atoms with Crippen molar-refractivity contribution in [2.24, 2.45) is 5.92 Å². The number of likely N-dealkylation sites (tertiary alicyclic amines) is 1. The van der Waals surface area contributed by atoms with Crippen molar-refractivity contribution in [3.05, 3.63) is 0 Å². The number of aliphatic carboxylic acids is 1. The summed E-state index contributed by atoms with van der Waals surface area (Å²) in [6, 6.07) is -1.24. The second-order valence-corrected chi connectivity index (χ2v) is 5.36. The molecule has 0 saturated carbocycles. The van der Waals surface area contributed by atoms with Gasteiger partial charge in [0.05, 0.1) is 0 Å². The Bertz CT molecular complexity index is 302. The third kappa shape index (κ3) is 5.92. The lowest BCUT2D eigenvalue weighted by atomic mass is 10.1. The van der Waals surface area contributed by atoms with E-state index in [9.17, 15) is 9.59 Å². The quantitative estimate of drug-likeness (QED) is 0.600. The van der Waals surface area contributed by atoms with Gasteiger partial charge in [0.15, 0.2) is 0 Å². The SMILES string of the molecule is CC(C)[C@@H](NC(=O)NCCCN1CCCC1)C(=O)O. The van der Waals surface area contributed by atoms with Gasteiger partial charge >= 0.3 is 12.0 Å². The maximum atomic E-state index is 11.6. The molecule has 6 heteroatoms. The van der Waals surface area contributed by atoms with E-state index in [1.54, 1.807) is 13.8 Å². The van der Waals surface area contributed by atoms with Crippen LogP contribution in [0.4, 0.5) is 4.79 Å². The van der Waals surface area contributed by atoms with Crippen LogP contribution in [0.3, 0.4) is 0 Å². The van der Waals surface area contributed by atoms with Crippen LogP contribution >= 0.6 is 0 Å². The highest BCUT2D eigenvalue weighted by molar-refractivity contribution is 5.82. The highest BCUT2D eigenvalue weighted by Crippen LogP contribution is 2.06. The minimum Gasteiger partial charge on any atom is -0.480 e. The Morgan fingerprint density at radius 3 is 2.42 bits per heavy atom. The van der Waals surface area contributed by atoms with Crippen LogP contribution in [0, 0.1) is 5.92 Å². The fraction of sp³-hybridized carbons (Fsp3) is 0.846. The van der Waals surface area contributed by atoms with Crippen LogP contribution in [0.5, 0.6) is 0 Å². The molecule has 2 amide bonds. The Balaban J connectivity index is 2.14. The number of nitrogens with zero attached hydrogens (tertiary/aromatic N) is 1. The zero-order chi connectivity index (χ0) is 14.3. The van der Waals surface area contributed by atoms with Crippen molar-refractivity contribution in [1.29, 1.82) is 0 Å². The molecule has 0 bridgehead atoms. The Morgan fingerprint density at radius 2 is 1.89 bits per heavy atom. The average Bonchev–Trinajstić information content (AvgIpc) is 2.84. The van der Waals surface area contributed by atoms with E-state index in [1.165, 1.54) is 12.8 Å². The monoisotopic (exact) mass is 271 g/mol. The van der Waals surface area contributed by atoms with Gasteiger partial charge in [-0.25, -0.2) is 9.59 Å². The van der Waals surface area contributed by atoms with Crippen LogP contribution in [0.1, 0.15) is 33.1 Å². The first-order valence-corrected chi connectivity index (χ1v) is 7.00. The summed E-state index contributed by atoms with van der Waals surface area (Å²) in [5.41, 5.74) is 0. The molecule has 6 nitrogen and oxygen atoms in total. The summed E-state index contributed by atoms with van der Waals surface area (Å²) in [4.78, 5) is 24.9. The number of rotatable bonds is 7. The summed E-state index contributed by atoms with van der Waals surface area (Å²) in [6.45, 7) is 7.42. The van der Waals surface area contributed by atoms with Crippen molar-refractivity contribution in [2.45, 2.75) is 39.2 Å². The Labute approximate surface area is 114 Å². The molecule has 0 aromatic rings. The summed E-state index contributed by atoms with van der Waals surface area (Å²) in [5.74, 6) is -1.13. The number of hydrogen-bond donors (Lipinski definition) is 3. The lowest BCUT2D eigenvalue weighted by Crippen LogP contribution is -2.48. The Kier molecular flexibility index (Phi) is 6.62. The molecule has 110 valence electrons. The lowest BCUT2D eigenvalue weighted by molar-refractivity contribution is -0.140. The number of hydrogen-bond acceptors (Lipinski definition) is 3. The van der Waals surface area contributed by atoms with E-state index in [-0.39, 0.29) is 5.92 Å². The van der Waals surface area contributed by atoms with Crippen molar-refractivity contribution in [3.8, 4) is 0 Å². The lowest BCUT2D eigenvalue weighted by Gasteiger charge is -2.19. The van der Waals surface area contributed by atoms with Gasteiger partial charge in [-0.2, -0.15) is 0 Å². The number of nitrogens with one attached hydrogen (secondary N) is 2. The van der Waals surface area contributed by atoms with Crippen molar-refractivity contribution in [1.82, 2.24) is 15.5 Å². The fourth-order valence-electron chi connectivity index (χ4n) is 2.22. The largest absolute Gasteiger partial charge is 0.480 e. The van der Waals surface area contributed by atoms with Crippen molar-refractivity contribution in [2.75, 3.05) is 26.2 Å². The molecule has 19 heavy (non-hydrogen) atoms. The third-order valence-corrected chi connectivity index (χ3v) is 3.35. The molecular formula is C13H25N3O3. The summed E-state index contributed by atoms with van der Waals surface area (Å²) in [7, 11) is 0. The van der Waals surface area contributed by atoms with Crippen LogP contribution in [-0.4, -0.2) is 54.2 Å². The van der Waals surface area contributed by atoms with E-state index in [0.717, 1.165) is 26.1 Å². The Morgan fingerprint density at radius 1 is 1.26 bits per heavy atom. The molecule has 3 N–H and O–H groups in total. The van der Waals surface area contributed by atoms with Crippen molar-refractivity contribution < 1.29 is 14.7 Å². The molecule has 1 saturated heterocycles. The summed E-state index contributed by atoms with van der Waals surface area (Å²) in [6.07, 6.45) is 3.43. The third-order valence-electron chi connectivity index (χ3n) is 3.35. The number of carbonyl (C=O) groups is 2. The van der Waals surface area contributed by atoms with Gasteiger partial charge in [-0.3, -0.25) is 0 Å². The molecule has 0 spiro atoms. The summed E-state index contributed by atoms with van der Waals surface area (Å²) >= 11 is 0. The van der Waals surface area contributed by atoms with Gasteiger partial charge in [-0.1, -0.05) is 13.8 Å². The average molecular weight is 271 g/mol. The van der Waals surface area contributed by atoms with Crippen molar-refractivity contribution in [3.63, 3.8) is 0 Å². The molecular weight excluding hydrogens is 246 g/mol. The van der Waals surface area contributed by atoms with E-state index in [1.807, 2.05) is 0 Å². The summed E-state index contributed by atoms with van der Waals surface area (Å²) in [5, 5.41) is 14.1. The number of amides is 2. The molecule has 1 aliphatic heterocycles. The first-order chi connectivity index (χ1) is 9.00. The molecule has 1 atom stereocenters. The fourth-order valence-corrected chi connectivity index (χ4v) is 2.22. The first kappa shape index (κ1) is 15.8. The van der Waals surface area contributed by atoms with Crippen LogP contribution in [0.25, 0.3) is 0 Å². The number of carbonyl (C=O) groups excluding carboxylic acids is 1. The number of urea groups is 1. The smallest absolute Gasteiger partial charge is 0.326 e. The minimum absolute atomic E-state index is 0.132. The van der Waals surface area contributed by atoms with E-state index >= 15 is 0 Å². The molecule has 0 aromatic carbocycles. The molecule has 0 aliphatic carbocycles. The van der Waals surface area contributed by atoms with Gasteiger partial charge in [0, 0.05) is 6.54 Å². The Hall–Kier alpha value is -1.30. The maximum Gasteiger partial charge on any atom is 0.326 e. The predicted octanol–water partition coefficient (Wildman–Crippen LogP) is 0.881. The van der Waals surface area contributed by atoms with Crippen LogP contribution < -0.4 is 10.6 Å². The molecule has 0 radical (unpaired) electrons. The number of carboxylic acids is 1. The number of carboxylic acid groups (broad SMARTS) is 1. The molecule has 1 aliphatic rings.